The molecule has 28 heavy (non-hydrogen) atoms. The number of nitrogens with one attached hydrogen (secondary N) is 3. The number of benzene rings is 1. The molecule has 1 atom stereocenters. The first-order valence-corrected chi connectivity index (χ1v) is 9.79. The molecule has 1 fully saturated rings. The number of amides is 1. The predicted octanol–water partition coefficient (Wildman–Crippen LogP) is 0.829. The number of carbonyl (C=O) groups is 1. The van der Waals surface area contributed by atoms with Gasteiger partial charge in [0.1, 0.15) is 5.82 Å². The van der Waals surface area contributed by atoms with E-state index in [4.69, 9.17) is 4.74 Å². The molecule has 1 saturated heterocycles. The maximum absolute atomic E-state index is 12.9. The van der Waals surface area contributed by atoms with Crippen molar-refractivity contribution in [2.24, 2.45) is 10.4 Å². The summed E-state index contributed by atoms with van der Waals surface area (Å²) in [5.74, 6) is 0.258. The zero-order valence-electron chi connectivity index (χ0n) is 16.5. The molecular formula is C20H31FN4O3. The SMILES string of the molecule is CCNC(=NCC1(CCO)CCOC1)NCCNC(=O)Cc1ccc(F)cc1. The normalized spacial score (nSPS) is 19.5. The fourth-order valence-corrected chi connectivity index (χ4v) is 3.11. The van der Waals surface area contributed by atoms with Gasteiger partial charge in [-0.25, -0.2) is 4.39 Å². The van der Waals surface area contributed by atoms with Crippen LogP contribution in [0.25, 0.3) is 0 Å². The standard InChI is InChI=1S/C20H31FN4O3/c1-2-22-19(25-14-20(7-11-26)8-12-28-15-20)24-10-9-23-18(27)13-16-3-5-17(21)6-4-16/h3-6,26H,2,7-15H2,1H3,(H,23,27)(H2,22,24,25). The van der Waals surface area contributed by atoms with Gasteiger partial charge in [-0.2, -0.15) is 0 Å². The lowest BCUT2D eigenvalue weighted by molar-refractivity contribution is -0.120. The van der Waals surface area contributed by atoms with Crippen molar-refractivity contribution in [3.05, 3.63) is 35.6 Å². The van der Waals surface area contributed by atoms with Crippen molar-refractivity contribution >= 4 is 11.9 Å². The van der Waals surface area contributed by atoms with E-state index in [1.807, 2.05) is 6.92 Å². The highest BCUT2D eigenvalue weighted by atomic mass is 19.1. The monoisotopic (exact) mass is 394 g/mol. The lowest BCUT2D eigenvalue weighted by Crippen LogP contribution is -2.42. The summed E-state index contributed by atoms with van der Waals surface area (Å²) in [5.41, 5.74) is 0.676. The fourth-order valence-electron chi connectivity index (χ4n) is 3.11. The quantitative estimate of drug-likeness (QED) is 0.268. The summed E-state index contributed by atoms with van der Waals surface area (Å²) in [4.78, 5) is 16.6. The van der Waals surface area contributed by atoms with Crippen LogP contribution in [0.5, 0.6) is 0 Å². The van der Waals surface area contributed by atoms with Crippen molar-refractivity contribution in [1.29, 1.82) is 0 Å². The number of carbonyl (C=O) groups excluding carboxylic acids is 1. The van der Waals surface area contributed by atoms with E-state index in [0.717, 1.165) is 18.5 Å². The molecule has 0 aromatic heterocycles. The second kappa shape index (κ2) is 11.6. The third-order valence-corrected chi connectivity index (χ3v) is 4.76. The highest BCUT2D eigenvalue weighted by Crippen LogP contribution is 2.32. The highest BCUT2D eigenvalue weighted by Gasteiger charge is 2.34. The summed E-state index contributed by atoms with van der Waals surface area (Å²) in [6.45, 7) is 5.74. The molecule has 1 amide bonds. The van der Waals surface area contributed by atoms with Crippen LogP contribution in [0.15, 0.2) is 29.3 Å². The minimum Gasteiger partial charge on any atom is -0.396 e. The Balaban J connectivity index is 1.74. The summed E-state index contributed by atoms with van der Waals surface area (Å²) < 4.78 is 18.4. The third-order valence-electron chi connectivity index (χ3n) is 4.76. The van der Waals surface area contributed by atoms with Gasteiger partial charge in [-0.3, -0.25) is 9.79 Å². The van der Waals surface area contributed by atoms with Gasteiger partial charge >= 0.3 is 0 Å². The first-order chi connectivity index (χ1) is 13.6. The Bertz CT molecular complexity index is 631. The second-order valence-electron chi connectivity index (χ2n) is 7.05. The molecule has 156 valence electrons. The van der Waals surface area contributed by atoms with Crippen molar-refractivity contribution in [3.8, 4) is 0 Å². The molecule has 0 aliphatic carbocycles. The maximum atomic E-state index is 12.9. The van der Waals surface area contributed by atoms with Crippen LogP contribution in [-0.2, 0) is 16.0 Å². The molecule has 7 nitrogen and oxygen atoms in total. The number of ether oxygens (including phenoxy) is 1. The topological polar surface area (TPSA) is 95.0 Å². The molecule has 4 N–H and O–H groups in total. The van der Waals surface area contributed by atoms with E-state index in [9.17, 15) is 14.3 Å². The van der Waals surface area contributed by atoms with Crippen LogP contribution in [0.1, 0.15) is 25.3 Å². The molecule has 1 aromatic rings. The lowest BCUT2D eigenvalue weighted by atomic mass is 9.84. The zero-order valence-corrected chi connectivity index (χ0v) is 16.5. The maximum Gasteiger partial charge on any atom is 0.224 e. The average molecular weight is 394 g/mol. The summed E-state index contributed by atoms with van der Waals surface area (Å²) in [6.07, 6.45) is 1.80. The summed E-state index contributed by atoms with van der Waals surface area (Å²) in [6, 6.07) is 5.92. The third kappa shape index (κ3) is 7.44. The molecule has 1 heterocycles. The van der Waals surface area contributed by atoms with Crippen LogP contribution in [0.2, 0.25) is 0 Å². The first kappa shape index (κ1) is 22.1. The van der Waals surface area contributed by atoms with Crippen LogP contribution in [0.4, 0.5) is 4.39 Å². The average Bonchev–Trinajstić information content (AvgIpc) is 3.14. The van der Waals surface area contributed by atoms with Gasteiger partial charge in [0, 0.05) is 38.3 Å². The van der Waals surface area contributed by atoms with E-state index in [0.29, 0.717) is 45.2 Å². The van der Waals surface area contributed by atoms with Crippen molar-refractivity contribution in [2.75, 3.05) is 46.0 Å². The van der Waals surface area contributed by atoms with Gasteiger partial charge in [-0.15, -0.1) is 0 Å². The minimum absolute atomic E-state index is 0.0968. The number of hydrogen-bond acceptors (Lipinski definition) is 4. The van der Waals surface area contributed by atoms with E-state index >= 15 is 0 Å². The van der Waals surface area contributed by atoms with Gasteiger partial charge in [0.2, 0.25) is 5.91 Å². The van der Waals surface area contributed by atoms with Crippen molar-refractivity contribution in [3.63, 3.8) is 0 Å². The van der Waals surface area contributed by atoms with E-state index in [-0.39, 0.29) is 30.2 Å². The van der Waals surface area contributed by atoms with Crippen LogP contribution in [0, 0.1) is 11.2 Å². The fraction of sp³-hybridized carbons (Fsp3) is 0.600. The molecular weight excluding hydrogens is 363 g/mol. The van der Waals surface area contributed by atoms with Gasteiger partial charge in [0.15, 0.2) is 5.96 Å². The van der Waals surface area contributed by atoms with Gasteiger partial charge in [-0.1, -0.05) is 12.1 Å². The Hall–Kier alpha value is -2.19. The Labute approximate surface area is 165 Å². The van der Waals surface area contributed by atoms with Gasteiger partial charge in [-0.05, 0) is 37.5 Å². The lowest BCUT2D eigenvalue weighted by Gasteiger charge is -2.24. The summed E-state index contributed by atoms with van der Waals surface area (Å²) in [7, 11) is 0. The largest absolute Gasteiger partial charge is 0.396 e. The van der Waals surface area contributed by atoms with Crippen LogP contribution in [0.3, 0.4) is 0 Å². The highest BCUT2D eigenvalue weighted by molar-refractivity contribution is 5.80. The molecule has 1 aliphatic heterocycles. The minimum atomic E-state index is -0.312. The Morgan fingerprint density at radius 2 is 2.00 bits per heavy atom. The van der Waals surface area contributed by atoms with Gasteiger partial charge in [0.25, 0.3) is 0 Å². The predicted molar refractivity (Wildman–Crippen MR) is 107 cm³/mol. The molecule has 0 spiro atoms. The summed E-state index contributed by atoms with van der Waals surface area (Å²) in [5, 5.41) is 18.5. The van der Waals surface area contributed by atoms with Crippen molar-refractivity contribution < 1.29 is 19.0 Å². The van der Waals surface area contributed by atoms with Crippen molar-refractivity contribution in [1.82, 2.24) is 16.0 Å². The van der Waals surface area contributed by atoms with Crippen LogP contribution < -0.4 is 16.0 Å². The van der Waals surface area contributed by atoms with Gasteiger partial charge in [0.05, 0.1) is 19.6 Å². The molecule has 1 aliphatic rings. The number of rotatable bonds is 10. The van der Waals surface area contributed by atoms with E-state index in [1.54, 1.807) is 12.1 Å². The van der Waals surface area contributed by atoms with Crippen molar-refractivity contribution in [2.45, 2.75) is 26.2 Å². The Morgan fingerprint density at radius 1 is 1.25 bits per heavy atom. The Morgan fingerprint density at radius 3 is 2.64 bits per heavy atom. The first-order valence-electron chi connectivity index (χ1n) is 9.79. The summed E-state index contributed by atoms with van der Waals surface area (Å²) >= 11 is 0. The molecule has 2 rings (SSSR count). The second-order valence-corrected chi connectivity index (χ2v) is 7.05. The number of aliphatic hydroxyl groups excluding tert-OH is 1. The molecule has 0 bridgehead atoms. The Kier molecular flexibility index (Phi) is 9.16. The molecule has 0 saturated carbocycles. The smallest absolute Gasteiger partial charge is 0.224 e. The molecule has 8 heteroatoms. The number of nitrogens with zero attached hydrogens (tertiary/aromatic N) is 1. The molecule has 1 unspecified atom stereocenters. The number of guanidine groups is 1. The van der Waals surface area contributed by atoms with Gasteiger partial charge < -0.3 is 25.8 Å². The van der Waals surface area contributed by atoms with Crippen LogP contribution in [-0.4, -0.2) is 63.0 Å². The van der Waals surface area contributed by atoms with E-state index in [1.165, 1.54) is 12.1 Å². The van der Waals surface area contributed by atoms with Crippen LogP contribution >= 0.6 is 0 Å². The van der Waals surface area contributed by atoms with E-state index < -0.39 is 0 Å². The van der Waals surface area contributed by atoms with E-state index in [2.05, 4.69) is 20.9 Å². The number of halogens is 1. The zero-order chi connectivity index (χ0) is 20.2. The number of aliphatic hydroxyl groups is 1. The molecule has 1 aromatic carbocycles. The number of hydrogen-bond donors (Lipinski definition) is 4. The molecule has 0 radical (unpaired) electrons. The number of aliphatic imine (C=N–C) groups is 1.